The van der Waals surface area contributed by atoms with Crippen molar-refractivity contribution in [2.75, 3.05) is 18.4 Å². The van der Waals surface area contributed by atoms with Gasteiger partial charge < -0.3 is 10.2 Å². The molecule has 29 heavy (non-hydrogen) atoms. The molecule has 2 aromatic rings. The molecule has 1 N–H and O–H groups in total. The van der Waals surface area contributed by atoms with Crippen LogP contribution < -0.4 is 5.32 Å². The Morgan fingerprint density at radius 2 is 2.00 bits per heavy atom. The van der Waals surface area contributed by atoms with Gasteiger partial charge in [0.05, 0.1) is 0 Å². The molecular formula is C24H30FN3S. The van der Waals surface area contributed by atoms with Gasteiger partial charge in [-0.3, -0.25) is 4.98 Å². The highest BCUT2D eigenvalue weighted by Crippen LogP contribution is 2.55. The fraction of sp³-hybridized carbons (Fsp3) is 0.458. The van der Waals surface area contributed by atoms with Crippen LogP contribution in [-0.2, 0) is 0 Å². The maximum atomic E-state index is 13.7. The van der Waals surface area contributed by atoms with Crippen molar-refractivity contribution in [1.29, 1.82) is 0 Å². The molecule has 4 rings (SSSR count). The molecule has 1 aromatic heterocycles. The summed E-state index contributed by atoms with van der Waals surface area (Å²) in [6, 6.07) is 11.1. The summed E-state index contributed by atoms with van der Waals surface area (Å²) in [5.41, 5.74) is 1.08. The smallest absolute Gasteiger partial charge is 0.124 e. The van der Waals surface area contributed by atoms with Gasteiger partial charge in [0.2, 0.25) is 0 Å². The minimum Gasteiger partial charge on any atom is -0.358 e. The monoisotopic (exact) mass is 411 g/mol. The number of hydrogen-bond acceptors (Lipinski definition) is 4. The molecule has 0 bridgehead atoms. The number of allylic oxidation sites excluding steroid dienone is 1. The van der Waals surface area contributed by atoms with Crippen LogP contribution in [0, 0.1) is 11.7 Å². The Morgan fingerprint density at radius 1 is 1.24 bits per heavy atom. The average Bonchev–Trinajstić information content (AvgIpc) is 2.71. The summed E-state index contributed by atoms with van der Waals surface area (Å²) >= 11 is 1.93. The van der Waals surface area contributed by atoms with Crippen LogP contribution in [0.1, 0.15) is 45.4 Å². The quantitative estimate of drug-likeness (QED) is 0.578. The average molecular weight is 412 g/mol. The first-order chi connectivity index (χ1) is 14.2. The molecule has 1 saturated heterocycles. The third-order valence-corrected chi connectivity index (χ3v) is 7.88. The third kappa shape index (κ3) is 4.77. The van der Waals surface area contributed by atoms with E-state index in [1.54, 1.807) is 6.07 Å². The number of aromatic nitrogens is 1. The number of anilines is 1. The summed E-state index contributed by atoms with van der Waals surface area (Å²) in [6.07, 6.45) is 13.1. The molecule has 0 spiro atoms. The highest BCUT2D eigenvalue weighted by atomic mass is 32.2. The molecule has 1 aliphatic carbocycles. The van der Waals surface area contributed by atoms with Crippen LogP contribution in [0.4, 0.5) is 10.1 Å². The van der Waals surface area contributed by atoms with Gasteiger partial charge in [-0.05, 0) is 74.4 Å². The van der Waals surface area contributed by atoms with Gasteiger partial charge in [0.25, 0.3) is 0 Å². The number of nitrogens with one attached hydrogen (secondary N) is 1. The zero-order valence-corrected chi connectivity index (χ0v) is 17.9. The fourth-order valence-electron chi connectivity index (χ4n) is 4.57. The molecule has 3 nitrogen and oxygen atoms in total. The predicted octanol–water partition coefficient (Wildman–Crippen LogP) is 6.31. The summed E-state index contributed by atoms with van der Waals surface area (Å²) in [4.78, 5) is 7.67. The van der Waals surface area contributed by atoms with Gasteiger partial charge in [-0.15, -0.1) is 11.8 Å². The minimum atomic E-state index is -0.129. The molecule has 154 valence electrons. The van der Waals surface area contributed by atoms with Crippen LogP contribution >= 0.6 is 11.8 Å². The molecule has 0 amide bonds. The Labute approximate surface area is 177 Å². The molecule has 2 aliphatic rings. The van der Waals surface area contributed by atoms with Crippen molar-refractivity contribution in [3.63, 3.8) is 0 Å². The first kappa shape index (κ1) is 20.3. The second-order valence-corrected chi connectivity index (χ2v) is 9.59. The zero-order chi connectivity index (χ0) is 20.1. The number of thioether (sulfide) groups is 1. The normalized spacial score (nSPS) is 19.7. The van der Waals surface area contributed by atoms with Crippen LogP contribution in [0.5, 0.6) is 0 Å². The summed E-state index contributed by atoms with van der Waals surface area (Å²) in [7, 11) is 0. The zero-order valence-electron chi connectivity index (χ0n) is 17.1. The standard InChI is InChI=1S/C24H30FN3S/c1-2-5-23(27-21-8-14-26-15-9-21)28-16-10-19(11-17-28)24(12-4-13-24)29-22-7-3-6-20(25)18-22/h3,5-9,14-15,18-19H,2,4,10-13,16-17H2,1H3,(H,26,27)/b23-5-. The van der Waals surface area contributed by atoms with E-state index >= 15 is 0 Å². The van der Waals surface area contributed by atoms with Gasteiger partial charge in [-0.1, -0.05) is 19.4 Å². The fourth-order valence-corrected chi connectivity index (χ4v) is 6.25. The van der Waals surface area contributed by atoms with Crippen LogP contribution in [0.2, 0.25) is 0 Å². The highest BCUT2D eigenvalue weighted by Gasteiger charge is 2.45. The number of rotatable bonds is 7. The highest BCUT2D eigenvalue weighted by molar-refractivity contribution is 8.00. The molecule has 5 heteroatoms. The van der Waals surface area contributed by atoms with Crippen molar-refractivity contribution in [3.05, 3.63) is 66.5 Å². The van der Waals surface area contributed by atoms with Gasteiger partial charge in [0, 0.05) is 40.8 Å². The van der Waals surface area contributed by atoms with Gasteiger partial charge in [0.1, 0.15) is 11.6 Å². The number of hydrogen-bond donors (Lipinski definition) is 1. The van der Waals surface area contributed by atoms with E-state index in [0.717, 1.165) is 30.1 Å². The van der Waals surface area contributed by atoms with Crippen molar-refractivity contribution in [2.45, 2.75) is 55.1 Å². The maximum Gasteiger partial charge on any atom is 0.124 e. The maximum absolute atomic E-state index is 13.7. The topological polar surface area (TPSA) is 28.2 Å². The van der Waals surface area contributed by atoms with Gasteiger partial charge in [-0.25, -0.2) is 4.39 Å². The van der Waals surface area contributed by atoms with E-state index in [2.05, 4.69) is 34.3 Å². The molecule has 0 unspecified atom stereocenters. The molecule has 0 atom stereocenters. The van der Waals surface area contributed by atoms with E-state index in [1.807, 2.05) is 42.4 Å². The van der Waals surface area contributed by atoms with E-state index in [9.17, 15) is 4.39 Å². The van der Waals surface area contributed by atoms with Crippen molar-refractivity contribution in [1.82, 2.24) is 9.88 Å². The Morgan fingerprint density at radius 3 is 2.62 bits per heavy atom. The Hall–Kier alpha value is -2.01. The summed E-state index contributed by atoms with van der Waals surface area (Å²) < 4.78 is 14.0. The lowest BCUT2D eigenvalue weighted by Gasteiger charge is -2.50. The SMILES string of the molecule is CC/C=C(/Nc1ccncc1)N1CCC(C2(Sc3cccc(F)c3)CCC2)CC1. The molecule has 2 heterocycles. The van der Waals surface area contributed by atoms with Crippen molar-refractivity contribution < 1.29 is 4.39 Å². The number of piperidine rings is 1. The van der Waals surface area contributed by atoms with Crippen molar-refractivity contribution in [2.24, 2.45) is 5.92 Å². The lowest BCUT2D eigenvalue weighted by molar-refractivity contribution is 0.150. The third-order valence-electron chi connectivity index (χ3n) is 6.25. The van der Waals surface area contributed by atoms with Crippen LogP contribution in [-0.4, -0.2) is 27.7 Å². The molecular weight excluding hydrogens is 381 g/mol. The van der Waals surface area contributed by atoms with Crippen molar-refractivity contribution >= 4 is 17.4 Å². The largest absolute Gasteiger partial charge is 0.358 e. The Balaban J connectivity index is 1.40. The Bertz CT molecular complexity index is 827. The lowest BCUT2D eigenvalue weighted by atomic mass is 9.71. The first-order valence-corrected chi connectivity index (χ1v) is 11.6. The van der Waals surface area contributed by atoms with Gasteiger partial charge in [0.15, 0.2) is 0 Å². The molecule has 2 fully saturated rings. The van der Waals surface area contributed by atoms with E-state index in [-0.39, 0.29) is 5.82 Å². The number of benzene rings is 1. The van der Waals surface area contributed by atoms with E-state index in [4.69, 9.17) is 0 Å². The van der Waals surface area contributed by atoms with Crippen LogP contribution in [0.3, 0.4) is 0 Å². The number of halogens is 1. The lowest BCUT2D eigenvalue weighted by Crippen LogP contribution is -2.47. The minimum absolute atomic E-state index is 0.129. The van der Waals surface area contributed by atoms with E-state index in [0.29, 0.717) is 10.7 Å². The van der Waals surface area contributed by atoms with Crippen LogP contribution in [0.15, 0.2) is 65.6 Å². The second-order valence-electron chi connectivity index (χ2n) is 8.10. The molecule has 1 saturated carbocycles. The van der Waals surface area contributed by atoms with Gasteiger partial charge >= 0.3 is 0 Å². The second kappa shape index (κ2) is 9.21. The predicted molar refractivity (Wildman–Crippen MR) is 119 cm³/mol. The molecule has 0 radical (unpaired) electrons. The Kier molecular flexibility index (Phi) is 6.43. The van der Waals surface area contributed by atoms with Crippen LogP contribution in [0.25, 0.3) is 0 Å². The van der Waals surface area contributed by atoms with Gasteiger partial charge in [-0.2, -0.15) is 0 Å². The number of likely N-dealkylation sites (tertiary alicyclic amines) is 1. The van der Waals surface area contributed by atoms with E-state index < -0.39 is 0 Å². The summed E-state index contributed by atoms with van der Waals surface area (Å²) in [5, 5.41) is 3.58. The van der Waals surface area contributed by atoms with E-state index in [1.165, 1.54) is 44.0 Å². The molecule has 1 aromatic carbocycles. The first-order valence-electron chi connectivity index (χ1n) is 10.8. The number of pyridine rings is 1. The van der Waals surface area contributed by atoms with Crippen molar-refractivity contribution in [3.8, 4) is 0 Å². The molecule has 1 aliphatic heterocycles. The summed E-state index contributed by atoms with van der Waals surface area (Å²) in [6.45, 7) is 4.32. The number of nitrogens with zero attached hydrogens (tertiary/aromatic N) is 2. The summed E-state index contributed by atoms with van der Waals surface area (Å²) in [5.74, 6) is 1.78.